The van der Waals surface area contributed by atoms with Gasteiger partial charge in [-0.25, -0.2) is 8.78 Å². The van der Waals surface area contributed by atoms with Crippen LogP contribution in [-0.2, 0) is 11.3 Å². The lowest BCUT2D eigenvalue weighted by molar-refractivity contribution is -0.141. The first-order valence-electron chi connectivity index (χ1n) is 5.86. The van der Waals surface area contributed by atoms with E-state index in [4.69, 9.17) is 5.11 Å². The molecule has 19 heavy (non-hydrogen) atoms. The molecule has 0 saturated carbocycles. The molecule has 0 aliphatic rings. The predicted molar refractivity (Wildman–Crippen MR) is 64.2 cm³/mol. The number of hydrogen-bond acceptors (Lipinski definition) is 2. The van der Waals surface area contributed by atoms with Crippen LogP contribution in [0.5, 0.6) is 0 Å². The zero-order chi connectivity index (χ0) is 14.4. The van der Waals surface area contributed by atoms with E-state index in [2.05, 4.69) is 5.32 Å². The average molecular weight is 274 g/mol. The van der Waals surface area contributed by atoms with Gasteiger partial charge in [-0.05, 0) is 18.6 Å². The Hall–Kier alpha value is -1.92. The molecule has 0 aromatic carbocycles. The Kier molecular flexibility index (Phi) is 5.47. The second kappa shape index (κ2) is 6.86. The zero-order valence-electron chi connectivity index (χ0n) is 10.5. The van der Waals surface area contributed by atoms with Crippen molar-refractivity contribution >= 4 is 11.9 Å². The number of carboxylic acid groups (broad SMARTS) is 1. The largest absolute Gasteiger partial charge is 0.481 e. The minimum atomic E-state index is -2.54. The van der Waals surface area contributed by atoms with Crippen molar-refractivity contribution in [3.05, 3.63) is 24.0 Å². The number of carboxylic acids is 1. The van der Waals surface area contributed by atoms with Gasteiger partial charge in [0.15, 0.2) is 0 Å². The Morgan fingerprint density at radius 2 is 2.16 bits per heavy atom. The summed E-state index contributed by atoms with van der Waals surface area (Å²) in [6.45, 7) is 1.18. The van der Waals surface area contributed by atoms with Crippen molar-refractivity contribution in [3.63, 3.8) is 0 Å². The van der Waals surface area contributed by atoms with Crippen molar-refractivity contribution in [1.82, 2.24) is 9.88 Å². The first-order valence-corrected chi connectivity index (χ1v) is 5.86. The summed E-state index contributed by atoms with van der Waals surface area (Å²) < 4.78 is 25.7. The third-order valence-electron chi connectivity index (χ3n) is 2.68. The van der Waals surface area contributed by atoms with Crippen molar-refractivity contribution in [2.75, 3.05) is 6.54 Å². The van der Waals surface area contributed by atoms with Crippen LogP contribution in [0.3, 0.4) is 0 Å². The molecular weight excluding hydrogens is 258 g/mol. The Balaban J connectivity index is 2.50. The molecule has 0 aliphatic heterocycles. The normalized spacial score (nSPS) is 12.4. The Morgan fingerprint density at radius 1 is 1.47 bits per heavy atom. The van der Waals surface area contributed by atoms with Gasteiger partial charge in [0.05, 0.1) is 12.5 Å². The third-order valence-corrected chi connectivity index (χ3v) is 2.68. The topological polar surface area (TPSA) is 71.3 Å². The molecule has 1 aromatic rings. The number of alkyl halides is 2. The lowest BCUT2D eigenvalue weighted by Crippen LogP contribution is -2.29. The quantitative estimate of drug-likeness (QED) is 0.793. The summed E-state index contributed by atoms with van der Waals surface area (Å²) in [5.74, 6) is -1.98. The number of halogens is 2. The van der Waals surface area contributed by atoms with E-state index in [0.29, 0.717) is 0 Å². The Bertz CT molecular complexity index is 446. The maximum atomic E-state index is 12.3. The van der Waals surface area contributed by atoms with Gasteiger partial charge in [-0.1, -0.05) is 6.92 Å². The molecule has 0 radical (unpaired) electrons. The summed E-state index contributed by atoms with van der Waals surface area (Å²) >= 11 is 0. The molecule has 5 nitrogen and oxygen atoms in total. The van der Waals surface area contributed by atoms with Crippen LogP contribution in [0.4, 0.5) is 8.78 Å². The number of amides is 1. The predicted octanol–water partition coefficient (Wildman–Crippen LogP) is 1.59. The van der Waals surface area contributed by atoms with E-state index in [1.807, 2.05) is 0 Å². The molecule has 0 fully saturated rings. The fraction of sp³-hybridized carbons (Fsp3) is 0.500. The van der Waals surface area contributed by atoms with Crippen LogP contribution in [0, 0.1) is 5.92 Å². The van der Waals surface area contributed by atoms with Crippen LogP contribution >= 0.6 is 0 Å². The van der Waals surface area contributed by atoms with Gasteiger partial charge in [0, 0.05) is 12.7 Å². The molecule has 1 amide bonds. The maximum absolute atomic E-state index is 12.3. The fourth-order valence-electron chi connectivity index (χ4n) is 1.54. The summed E-state index contributed by atoms with van der Waals surface area (Å²) in [6.07, 6.45) is -0.844. The maximum Gasteiger partial charge on any atom is 0.306 e. The van der Waals surface area contributed by atoms with Gasteiger partial charge in [-0.15, -0.1) is 0 Å². The fourth-order valence-corrected chi connectivity index (χ4v) is 1.54. The molecule has 1 unspecified atom stereocenters. The van der Waals surface area contributed by atoms with E-state index in [-0.39, 0.29) is 18.7 Å². The van der Waals surface area contributed by atoms with Gasteiger partial charge in [0.2, 0.25) is 0 Å². The third kappa shape index (κ3) is 4.69. The number of nitrogens with zero attached hydrogens (tertiary/aromatic N) is 1. The van der Waals surface area contributed by atoms with Crippen LogP contribution in [0.1, 0.15) is 23.8 Å². The van der Waals surface area contributed by atoms with Gasteiger partial charge in [0.25, 0.3) is 12.3 Å². The molecule has 106 valence electrons. The summed E-state index contributed by atoms with van der Waals surface area (Å²) in [5.41, 5.74) is 0.142. The van der Waals surface area contributed by atoms with E-state index >= 15 is 0 Å². The van der Waals surface area contributed by atoms with Gasteiger partial charge >= 0.3 is 5.97 Å². The van der Waals surface area contributed by atoms with Crippen LogP contribution in [-0.4, -0.2) is 34.5 Å². The van der Waals surface area contributed by atoms with Crippen LogP contribution in [0.15, 0.2) is 18.3 Å². The molecule has 2 N–H and O–H groups in total. The highest BCUT2D eigenvalue weighted by molar-refractivity contribution is 5.92. The molecule has 0 bridgehead atoms. The van der Waals surface area contributed by atoms with Crippen molar-refractivity contribution in [1.29, 1.82) is 0 Å². The lowest BCUT2D eigenvalue weighted by Gasteiger charge is -2.10. The first kappa shape index (κ1) is 15.1. The van der Waals surface area contributed by atoms with Crippen LogP contribution in [0.2, 0.25) is 0 Å². The molecule has 1 rings (SSSR count). The number of nitrogens with one attached hydrogen (secondary N) is 1. The van der Waals surface area contributed by atoms with E-state index in [1.165, 1.54) is 29.8 Å². The van der Waals surface area contributed by atoms with Crippen molar-refractivity contribution in [3.8, 4) is 0 Å². The number of aliphatic carboxylic acids is 1. The molecule has 0 saturated heterocycles. The highest BCUT2D eigenvalue weighted by atomic mass is 19.3. The number of carbonyl (C=O) groups is 2. The van der Waals surface area contributed by atoms with Gasteiger partial charge in [0.1, 0.15) is 5.69 Å². The van der Waals surface area contributed by atoms with E-state index in [9.17, 15) is 18.4 Å². The van der Waals surface area contributed by atoms with Gasteiger partial charge in [-0.3, -0.25) is 9.59 Å². The molecule has 1 atom stereocenters. The SMILES string of the molecule is CC(CCNC(=O)c1cccn1CC(F)F)C(=O)O. The minimum absolute atomic E-state index is 0.142. The molecule has 7 heteroatoms. The summed E-state index contributed by atoms with van der Waals surface area (Å²) in [4.78, 5) is 22.3. The van der Waals surface area contributed by atoms with E-state index in [0.717, 1.165) is 0 Å². The van der Waals surface area contributed by atoms with E-state index < -0.39 is 30.8 Å². The second-order valence-corrected chi connectivity index (χ2v) is 4.22. The Labute approximate surface area is 109 Å². The molecule has 0 aliphatic carbocycles. The zero-order valence-corrected chi connectivity index (χ0v) is 10.5. The van der Waals surface area contributed by atoms with Crippen molar-refractivity contribution in [2.24, 2.45) is 5.92 Å². The molecule has 1 heterocycles. The smallest absolute Gasteiger partial charge is 0.306 e. The number of carbonyl (C=O) groups excluding carboxylic acids is 1. The van der Waals surface area contributed by atoms with Crippen molar-refractivity contribution < 1.29 is 23.5 Å². The Morgan fingerprint density at radius 3 is 2.74 bits per heavy atom. The highest BCUT2D eigenvalue weighted by Crippen LogP contribution is 2.07. The van der Waals surface area contributed by atoms with Crippen LogP contribution in [0.25, 0.3) is 0 Å². The number of rotatable bonds is 7. The lowest BCUT2D eigenvalue weighted by atomic mass is 10.1. The monoisotopic (exact) mass is 274 g/mol. The van der Waals surface area contributed by atoms with Gasteiger partial charge < -0.3 is 15.0 Å². The van der Waals surface area contributed by atoms with Gasteiger partial charge in [-0.2, -0.15) is 0 Å². The summed E-state index contributed by atoms with van der Waals surface area (Å²) in [5, 5.41) is 11.2. The summed E-state index contributed by atoms with van der Waals surface area (Å²) in [7, 11) is 0. The van der Waals surface area contributed by atoms with Crippen molar-refractivity contribution in [2.45, 2.75) is 26.3 Å². The number of aromatic nitrogens is 1. The molecule has 0 spiro atoms. The molecular formula is C12H16F2N2O3. The molecule has 1 aromatic heterocycles. The standard InChI is InChI=1S/C12H16F2N2O3/c1-8(12(18)19)4-5-15-11(17)9-3-2-6-16(9)7-10(13)14/h2-3,6,8,10H,4-5,7H2,1H3,(H,15,17)(H,18,19). The highest BCUT2D eigenvalue weighted by Gasteiger charge is 2.15. The second-order valence-electron chi connectivity index (χ2n) is 4.22. The minimum Gasteiger partial charge on any atom is -0.481 e. The van der Waals surface area contributed by atoms with E-state index in [1.54, 1.807) is 0 Å². The number of hydrogen-bond donors (Lipinski definition) is 2. The first-order chi connectivity index (χ1) is 8.91. The van der Waals surface area contributed by atoms with Crippen LogP contribution < -0.4 is 5.32 Å². The summed E-state index contributed by atoms with van der Waals surface area (Å²) in [6, 6.07) is 2.95. The average Bonchev–Trinajstić information content (AvgIpc) is 2.75.